The van der Waals surface area contributed by atoms with Crippen LogP contribution < -0.4 is 5.32 Å². The molecule has 0 heterocycles. The molecule has 0 atom stereocenters. The van der Waals surface area contributed by atoms with E-state index in [9.17, 15) is 13.2 Å². The second-order valence-electron chi connectivity index (χ2n) is 3.81. The molecule has 0 radical (unpaired) electrons. The second-order valence-corrected chi connectivity index (χ2v) is 3.81. The van der Waals surface area contributed by atoms with Crippen LogP contribution in [0.1, 0.15) is 26.7 Å². The molecule has 0 saturated heterocycles. The molecule has 0 saturated carbocycles. The van der Waals surface area contributed by atoms with Gasteiger partial charge in [-0.2, -0.15) is 0 Å². The van der Waals surface area contributed by atoms with Gasteiger partial charge in [0.2, 0.25) is 0 Å². The first kappa shape index (κ1) is 12.9. The van der Waals surface area contributed by atoms with Crippen molar-refractivity contribution in [2.75, 3.05) is 11.9 Å². The number of hydrogen-bond donors (Lipinski definition) is 1. The Morgan fingerprint density at radius 1 is 1.00 bits per heavy atom. The Bertz CT molecular complexity index is 348. The summed E-state index contributed by atoms with van der Waals surface area (Å²) in [6, 6.07) is 1.41. The first-order valence-electron chi connectivity index (χ1n) is 5.46. The fourth-order valence-electron chi connectivity index (χ4n) is 1.49. The SMILES string of the molecule is CCC(CC)CNc1cc(F)c(F)cc1F. The molecule has 90 valence electrons. The fraction of sp³-hybridized carbons (Fsp3) is 0.500. The highest BCUT2D eigenvalue weighted by atomic mass is 19.2. The van der Waals surface area contributed by atoms with Gasteiger partial charge < -0.3 is 5.32 Å². The molecule has 0 amide bonds. The lowest BCUT2D eigenvalue weighted by atomic mass is 10.0. The number of hydrogen-bond acceptors (Lipinski definition) is 1. The second kappa shape index (κ2) is 5.77. The smallest absolute Gasteiger partial charge is 0.161 e. The van der Waals surface area contributed by atoms with Crippen molar-refractivity contribution in [3.63, 3.8) is 0 Å². The summed E-state index contributed by atoms with van der Waals surface area (Å²) in [5.74, 6) is -2.54. The van der Waals surface area contributed by atoms with Gasteiger partial charge in [-0.05, 0) is 5.92 Å². The van der Waals surface area contributed by atoms with E-state index in [0.717, 1.165) is 18.9 Å². The minimum atomic E-state index is -1.16. The number of rotatable bonds is 5. The van der Waals surface area contributed by atoms with E-state index in [-0.39, 0.29) is 5.69 Å². The van der Waals surface area contributed by atoms with Gasteiger partial charge in [-0.25, -0.2) is 13.2 Å². The van der Waals surface area contributed by atoms with Gasteiger partial charge in [0.1, 0.15) is 5.82 Å². The molecular formula is C12H16F3N. The van der Waals surface area contributed by atoms with E-state index in [1.807, 2.05) is 13.8 Å². The van der Waals surface area contributed by atoms with Crippen LogP contribution in [0, 0.1) is 23.4 Å². The summed E-state index contributed by atoms with van der Waals surface area (Å²) in [4.78, 5) is 0. The molecule has 1 nitrogen and oxygen atoms in total. The number of nitrogens with one attached hydrogen (secondary N) is 1. The highest BCUT2D eigenvalue weighted by molar-refractivity contribution is 5.45. The molecule has 0 aliphatic carbocycles. The lowest BCUT2D eigenvalue weighted by Gasteiger charge is -2.14. The molecule has 0 aliphatic heterocycles. The van der Waals surface area contributed by atoms with Crippen LogP contribution in [0.15, 0.2) is 12.1 Å². The van der Waals surface area contributed by atoms with E-state index < -0.39 is 17.5 Å². The van der Waals surface area contributed by atoms with E-state index >= 15 is 0 Å². The molecule has 0 fully saturated rings. The molecule has 0 unspecified atom stereocenters. The third-order valence-corrected chi connectivity index (χ3v) is 2.75. The van der Waals surface area contributed by atoms with E-state index in [1.54, 1.807) is 0 Å². The summed E-state index contributed by atoms with van der Waals surface area (Å²) in [5.41, 5.74) is 0.0193. The van der Waals surface area contributed by atoms with E-state index in [2.05, 4.69) is 5.32 Å². The van der Waals surface area contributed by atoms with Crippen LogP contribution in [-0.2, 0) is 0 Å². The average Bonchev–Trinajstić information content (AvgIpc) is 2.26. The zero-order valence-corrected chi connectivity index (χ0v) is 9.49. The molecule has 1 aromatic rings. The molecule has 0 aromatic heterocycles. The number of benzene rings is 1. The first-order valence-corrected chi connectivity index (χ1v) is 5.46. The van der Waals surface area contributed by atoms with Crippen molar-refractivity contribution >= 4 is 5.69 Å². The van der Waals surface area contributed by atoms with Crippen LogP contribution >= 0.6 is 0 Å². The minimum Gasteiger partial charge on any atom is -0.382 e. The van der Waals surface area contributed by atoms with Gasteiger partial charge in [0.25, 0.3) is 0 Å². The van der Waals surface area contributed by atoms with Crippen molar-refractivity contribution in [2.24, 2.45) is 5.92 Å². The maximum atomic E-state index is 13.2. The Balaban J connectivity index is 2.70. The van der Waals surface area contributed by atoms with Crippen molar-refractivity contribution in [2.45, 2.75) is 26.7 Å². The number of anilines is 1. The fourth-order valence-corrected chi connectivity index (χ4v) is 1.49. The zero-order valence-electron chi connectivity index (χ0n) is 9.49. The molecule has 0 bridgehead atoms. The zero-order chi connectivity index (χ0) is 12.1. The maximum Gasteiger partial charge on any atom is 0.161 e. The van der Waals surface area contributed by atoms with Gasteiger partial charge in [0.05, 0.1) is 5.69 Å². The van der Waals surface area contributed by atoms with Crippen molar-refractivity contribution in [3.8, 4) is 0 Å². The Morgan fingerprint density at radius 3 is 2.12 bits per heavy atom. The van der Waals surface area contributed by atoms with Crippen LogP contribution in [0.4, 0.5) is 18.9 Å². The van der Waals surface area contributed by atoms with Crippen LogP contribution in [-0.4, -0.2) is 6.54 Å². The van der Waals surface area contributed by atoms with E-state index in [0.29, 0.717) is 18.5 Å². The van der Waals surface area contributed by atoms with Crippen LogP contribution in [0.2, 0.25) is 0 Å². The molecule has 16 heavy (non-hydrogen) atoms. The summed E-state index contributed by atoms with van der Waals surface area (Å²) < 4.78 is 38.7. The normalized spacial score (nSPS) is 10.9. The Hall–Kier alpha value is -1.19. The summed E-state index contributed by atoms with van der Waals surface area (Å²) in [7, 11) is 0. The van der Waals surface area contributed by atoms with Crippen LogP contribution in [0.25, 0.3) is 0 Å². The van der Waals surface area contributed by atoms with Gasteiger partial charge >= 0.3 is 0 Å². The largest absolute Gasteiger partial charge is 0.382 e. The summed E-state index contributed by atoms with van der Waals surface area (Å²) in [6.07, 6.45) is 1.93. The molecule has 1 N–H and O–H groups in total. The van der Waals surface area contributed by atoms with Crippen molar-refractivity contribution in [3.05, 3.63) is 29.6 Å². The number of halogens is 3. The molecule has 1 aromatic carbocycles. The van der Waals surface area contributed by atoms with Crippen molar-refractivity contribution in [1.82, 2.24) is 0 Å². The summed E-state index contributed by atoms with van der Waals surface area (Å²) in [6.45, 7) is 4.64. The van der Waals surface area contributed by atoms with Crippen molar-refractivity contribution < 1.29 is 13.2 Å². The third-order valence-electron chi connectivity index (χ3n) is 2.75. The molecule has 4 heteroatoms. The Labute approximate surface area is 93.7 Å². The molecule has 0 aliphatic rings. The summed E-state index contributed by atoms with van der Waals surface area (Å²) in [5, 5.41) is 2.80. The van der Waals surface area contributed by atoms with Crippen molar-refractivity contribution in [1.29, 1.82) is 0 Å². The third kappa shape index (κ3) is 3.15. The van der Waals surface area contributed by atoms with Crippen LogP contribution in [0.5, 0.6) is 0 Å². The van der Waals surface area contributed by atoms with E-state index in [1.165, 1.54) is 0 Å². The summed E-state index contributed by atoms with van der Waals surface area (Å²) >= 11 is 0. The molecule has 1 rings (SSSR count). The standard InChI is InChI=1S/C12H16F3N/c1-3-8(4-2)7-16-12-6-10(14)9(13)5-11(12)15/h5-6,8,16H,3-4,7H2,1-2H3. The topological polar surface area (TPSA) is 12.0 Å². The lowest BCUT2D eigenvalue weighted by Crippen LogP contribution is -2.13. The Kier molecular flexibility index (Phi) is 4.65. The minimum absolute atomic E-state index is 0.0193. The predicted molar refractivity (Wildman–Crippen MR) is 58.9 cm³/mol. The van der Waals surface area contributed by atoms with Gasteiger partial charge in [-0.3, -0.25) is 0 Å². The molecule has 0 spiro atoms. The highest BCUT2D eigenvalue weighted by Gasteiger charge is 2.10. The quantitative estimate of drug-likeness (QED) is 0.756. The van der Waals surface area contributed by atoms with Gasteiger partial charge in [0, 0.05) is 18.7 Å². The highest BCUT2D eigenvalue weighted by Crippen LogP contribution is 2.19. The van der Waals surface area contributed by atoms with Gasteiger partial charge in [0.15, 0.2) is 11.6 Å². The Morgan fingerprint density at radius 2 is 1.56 bits per heavy atom. The van der Waals surface area contributed by atoms with Gasteiger partial charge in [-0.1, -0.05) is 26.7 Å². The maximum absolute atomic E-state index is 13.2. The average molecular weight is 231 g/mol. The van der Waals surface area contributed by atoms with E-state index in [4.69, 9.17) is 0 Å². The molecular weight excluding hydrogens is 215 g/mol. The monoisotopic (exact) mass is 231 g/mol. The predicted octanol–water partition coefficient (Wildman–Crippen LogP) is 3.95. The first-order chi connectivity index (χ1) is 7.58. The lowest BCUT2D eigenvalue weighted by molar-refractivity contribution is 0.492. The van der Waals surface area contributed by atoms with Crippen LogP contribution in [0.3, 0.4) is 0 Å². The van der Waals surface area contributed by atoms with Gasteiger partial charge in [-0.15, -0.1) is 0 Å².